The van der Waals surface area contributed by atoms with Crippen LogP contribution in [0.25, 0.3) is 0 Å². The summed E-state index contributed by atoms with van der Waals surface area (Å²) in [5.41, 5.74) is 0. The van der Waals surface area contributed by atoms with E-state index >= 15 is 0 Å². The Balaban J connectivity index is 0.000000187. The molecule has 0 bridgehead atoms. The monoisotopic (exact) mass is 229 g/mol. The average molecular weight is 229 g/mol. The van der Waals surface area contributed by atoms with E-state index in [2.05, 4.69) is 5.32 Å². The first-order valence-corrected chi connectivity index (χ1v) is 5.81. The molecule has 3 N–H and O–H groups in total. The average Bonchev–Trinajstić information content (AvgIpc) is 2.17. The van der Waals surface area contributed by atoms with E-state index in [0.29, 0.717) is 0 Å². The molecule has 92 valence electrons. The second-order valence-electron chi connectivity index (χ2n) is 4.36. The zero-order chi connectivity index (χ0) is 12.0. The van der Waals surface area contributed by atoms with Gasteiger partial charge in [0.05, 0.1) is 0 Å². The van der Waals surface area contributed by atoms with Gasteiger partial charge in [0.2, 0.25) is 0 Å². The van der Waals surface area contributed by atoms with Crippen molar-refractivity contribution in [2.24, 2.45) is 5.92 Å². The van der Waals surface area contributed by atoms with Crippen LogP contribution in [-0.4, -0.2) is 34.7 Å². The maximum Gasteiger partial charge on any atom is 0.414 e. The molecule has 1 unspecified atom stereocenters. The van der Waals surface area contributed by atoms with Crippen LogP contribution in [-0.2, 0) is 9.59 Å². The molecule has 0 aromatic carbocycles. The molecule has 16 heavy (non-hydrogen) atoms. The van der Waals surface area contributed by atoms with Gasteiger partial charge in [-0.1, -0.05) is 12.8 Å². The third-order valence-electron chi connectivity index (χ3n) is 3.25. The van der Waals surface area contributed by atoms with Crippen LogP contribution in [0.2, 0.25) is 0 Å². The number of hydrogen-bond acceptors (Lipinski definition) is 3. The highest BCUT2D eigenvalue weighted by atomic mass is 16.4. The number of rotatable bonds is 1. The predicted octanol–water partition coefficient (Wildman–Crippen LogP) is 1.08. The third kappa shape index (κ3) is 4.18. The summed E-state index contributed by atoms with van der Waals surface area (Å²) in [4.78, 5) is 18.2. The van der Waals surface area contributed by atoms with Crippen LogP contribution in [0.1, 0.15) is 38.5 Å². The lowest BCUT2D eigenvalue weighted by atomic mass is 9.77. The van der Waals surface area contributed by atoms with E-state index < -0.39 is 11.9 Å². The minimum atomic E-state index is -1.82. The zero-order valence-corrected chi connectivity index (χ0v) is 9.32. The van der Waals surface area contributed by atoms with Gasteiger partial charge >= 0.3 is 11.9 Å². The van der Waals surface area contributed by atoms with Crippen molar-refractivity contribution in [1.29, 1.82) is 0 Å². The molecule has 2 rings (SSSR count). The van der Waals surface area contributed by atoms with Gasteiger partial charge in [-0.2, -0.15) is 0 Å². The second kappa shape index (κ2) is 6.48. The number of piperidine rings is 1. The number of carboxylic acids is 2. The fourth-order valence-corrected chi connectivity index (χ4v) is 2.12. The summed E-state index contributed by atoms with van der Waals surface area (Å²) in [6.07, 6.45) is 8.81. The minimum absolute atomic E-state index is 0.905. The number of carboxylic acid groups (broad SMARTS) is 2. The molecule has 1 saturated heterocycles. The highest BCUT2D eigenvalue weighted by Gasteiger charge is 2.27. The quantitative estimate of drug-likeness (QED) is 0.586. The van der Waals surface area contributed by atoms with Crippen LogP contribution in [0.15, 0.2) is 0 Å². The number of nitrogens with one attached hydrogen (secondary N) is 1. The van der Waals surface area contributed by atoms with Crippen molar-refractivity contribution in [3.63, 3.8) is 0 Å². The molecule has 2 aliphatic rings. The van der Waals surface area contributed by atoms with E-state index in [1.807, 2.05) is 0 Å². The lowest BCUT2D eigenvalue weighted by molar-refractivity contribution is -0.159. The second-order valence-corrected chi connectivity index (χ2v) is 4.36. The molecule has 2 fully saturated rings. The molecular weight excluding hydrogens is 210 g/mol. The van der Waals surface area contributed by atoms with Gasteiger partial charge in [-0.3, -0.25) is 0 Å². The Morgan fingerprint density at radius 1 is 0.938 bits per heavy atom. The maximum atomic E-state index is 9.10. The molecule has 1 atom stereocenters. The van der Waals surface area contributed by atoms with Crippen LogP contribution in [0, 0.1) is 5.92 Å². The molecule has 1 aliphatic heterocycles. The molecule has 5 nitrogen and oxygen atoms in total. The van der Waals surface area contributed by atoms with E-state index in [1.54, 1.807) is 0 Å². The summed E-state index contributed by atoms with van der Waals surface area (Å²) in [5.74, 6) is -2.59. The van der Waals surface area contributed by atoms with Crippen LogP contribution in [0.5, 0.6) is 0 Å². The molecule has 0 aromatic rings. The van der Waals surface area contributed by atoms with Crippen molar-refractivity contribution in [3.8, 4) is 0 Å². The van der Waals surface area contributed by atoms with Gasteiger partial charge in [0.15, 0.2) is 0 Å². The summed E-state index contributed by atoms with van der Waals surface area (Å²) >= 11 is 0. The molecular formula is C11H19NO4. The standard InChI is InChI=1S/C9H17N.C2H2O4/c1-2-7-10-9(6-1)8-4-3-5-8;3-1(4)2(5)6/h8-10H,1-7H2;(H,3,4)(H,5,6). The first-order chi connectivity index (χ1) is 7.61. The predicted molar refractivity (Wildman–Crippen MR) is 58.3 cm³/mol. The first-order valence-electron chi connectivity index (χ1n) is 5.81. The Hall–Kier alpha value is -1.10. The summed E-state index contributed by atoms with van der Waals surface area (Å²) in [5, 5.41) is 18.4. The minimum Gasteiger partial charge on any atom is -0.473 e. The van der Waals surface area contributed by atoms with E-state index in [4.69, 9.17) is 19.8 Å². The summed E-state index contributed by atoms with van der Waals surface area (Å²) < 4.78 is 0. The highest BCUT2D eigenvalue weighted by molar-refractivity contribution is 6.27. The first kappa shape index (κ1) is 13.0. The zero-order valence-electron chi connectivity index (χ0n) is 9.32. The van der Waals surface area contributed by atoms with Gasteiger partial charge < -0.3 is 15.5 Å². The van der Waals surface area contributed by atoms with E-state index in [1.165, 1.54) is 45.1 Å². The Morgan fingerprint density at radius 2 is 1.56 bits per heavy atom. The fraction of sp³-hybridized carbons (Fsp3) is 0.818. The molecule has 1 heterocycles. The summed E-state index contributed by atoms with van der Waals surface area (Å²) in [6.45, 7) is 1.28. The van der Waals surface area contributed by atoms with Crippen molar-refractivity contribution in [1.82, 2.24) is 5.32 Å². The van der Waals surface area contributed by atoms with Crippen molar-refractivity contribution in [2.45, 2.75) is 44.6 Å². The van der Waals surface area contributed by atoms with Crippen molar-refractivity contribution < 1.29 is 19.8 Å². The van der Waals surface area contributed by atoms with Gasteiger partial charge in [0.1, 0.15) is 0 Å². The highest BCUT2D eigenvalue weighted by Crippen LogP contribution is 2.32. The van der Waals surface area contributed by atoms with Gasteiger partial charge in [0, 0.05) is 6.04 Å². The number of hydrogen-bond donors (Lipinski definition) is 3. The van der Waals surface area contributed by atoms with Gasteiger partial charge in [-0.25, -0.2) is 9.59 Å². The Morgan fingerprint density at radius 3 is 1.88 bits per heavy atom. The Labute approximate surface area is 94.8 Å². The molecule has 5 heteroatoms. The number of carbonyl (C=O) groups is 2. The van der Waals surface area contributed by atoms with Gasteiger partial charge in [-0.05, 0) is 38.1 Å². The van der Waals surface area contributed by atoms with Crippen LogP contribution in [0.4, 0.5) is 0 Å². The van der Waals surface area contributed by atoms with E-state index in [0.717, 1.165) is 12.0 Å². The van der Waals surface area contributed by atoms with Crippen molar-refractivity contribution in [2.75, 3.05) is 6.54 Å². The van der Waals surface area contributed by atoms with Crippen LogP contribution in [0.3, 0.4) is 0 Å². The fourth-order valence-electron chi connectivity index (χ4n) is 2.12. The molecule has 1 saturated carbocycles. The Bertz CT molecular complexity index is 232. The van der Waals surface area contributed by atoms with Gasteiger partial charge in [0.25, 0.3) is 0 Å². The van der Waals surface area contributed by atoms with E-state index in [-0.39, 0.29) is 0 Å². The normalized spacial score (nSPS) is 24.9. The summed E-state index contributed by atoms with van der Waals surface area (Å²) in [6, 6.07) is 0.905. The lowest BCUT2D eigenvalue weighted by Gasteiger charge is -2.36. The topological polar surface area (TPSA) is 86.6 Å². The number of aliphatic carboxylic acids is 2. The van der Waals surface area contributed by atoms with Crippen molar-refractivity contribution in [3.05, 3.63) is 0 Å². The smallest absolute Gasteiger partial charge is 0.414 e. The van der Waals surface area contributed by atoms with Crippen LogP contribution >= 0.6 is 0 Å². The summed E-state index contributed by atoms with van der Waals surface area (Å²) in [7, 11) is 0. The molecule has 1 aliphatic carbocycles. The molecule has 0 aromatic heterocycles. The van der Waals surface area contributed by atoms with Crippen molar-refractivity contribution >= 4 is 11.9 Å². The lowest BCUT2D eigenvalue weighted by Crippen LogP contribution is -2.42. The Kier molecular flexibility index (Phi) is 5.25. The van der Waals surface area contributed by atoms with E-state index in [9.17, 15) is 0 Å². The SMILES string of the molecule is C1CCC(C2CCC2)NC1.O=C(O)C(=O)O. The van der Waals surface area contributed by atoms with Gasteiger partial charge in [-0.15, -0.1) is 0 Å². The molecule has 0 spiro atoms. The largest absolute Gasteiger partial charge is 0.473 e. The maximum absolute atomic E-state index is 9.10. The molecule has 0 amide bonds. The molecule has 0 radical (unpaired) electrons. The van der Waals surface area contributed by atoms with Crippen LogP contribution < -0.4 is 5.32 Å². The third-order valence-corrected chi connectivity index (χ3v) is 3.25.